The minimum absolute atomic E-state index is 0.0478. The molecule has 3 rings (SSSR count). The summed E-state index contributed by atoms with van der Waals surface area (Å²) >= 11 is 0. The number of hydrogen-bond donors (Lipinski definition) is 0. The molecule has 3 aromatic rings. The van der Waals surface area contributed by atoms with E-state index in [4.69, 9.17) is 4.42 Å². The van der Waals surface area contributed by atoms with Crippen molar-refractivity contribution in [1.29, 1.82) is 0 Å². The van der Waals surface area contributed by atoms with Crippen LogP contribution in [0, 0.1) is 6.92 Å². The second-order valence-corrected chi connectivity index (χ2v) is 5.72. The first-order chi connectivity index (χ1) is 12.5. The van der Waals surface area contributed by atoms with Crippen molar-refractivity contribution in [2.24, 2.45) is 0 Å². The normalized spacial score (nSPS) is 12.6. The standard InChI is InChI=1S/C16H12F6N4O/c1-9-7-12(16(20,21)22)25-26(9)6-5-13-23-24-14(27-13)10-3-2-4-11(8-10)15(17,18)19/h2-4,7-8H,5-6H2,1H3. The first-order valence-electron chi connectivity index (χ1n) is 7.66. The van der Waals surface area contributed by atoms with Crippen LogP contribution in [0.4, 0.5) is 26.3 Å². The molecule has 11 heteroatoms. The van der Waals surface area contributed by atoms with Crippen LogP contribution in [0.15, 0.2) is 34.7 Å². The second kappa shape index (κ2) is 6.71. The van der Waals surface area contributed by atoms with Crippen molar-refractivity contribution in [3.63, 3.8) is 0 Å². The zero-order chi connectivity index (χ0) is 19.8. The quantitative estimate of drug-likeness (QED) is 0.615. The molecular weight excluding hydrogens is 378 g/mol. The minimum atomic E-state index is -4.54. The molecule has 0 atom stereocenters. The molecule has 0 bridgehead atoms. The number of rotatable bonds is 4. The monoisotopic (exact) mass is 390 g/mol. The van der Waals surface area contributed by atoms with Crippen LogP contribution in [-0.4, -0.2) is 20.0 Å². The van der Waals surface area contributed by atoms with Crippen LogP contribution in [-0.2, 0) is 25.3 Å². The van der Waals surface area contributed by atoms with E-state index in [2.05, 4.69) is 15.3 Å². The first-order valence-corrected chi connectivity index (χ1v) is 7.66. The maximum atomic E-state index is 12.8. The maximum Gasteiger partial charge on any atom is 0.435 e. The SMILES string of the molecule is Cc1cc(C(F)(F)F)nn1CCc1nnc(-c2cccc(C(F)(F)F)c2)o1. The van der Waals surface area contributed by atoms with Gasteiger partial charge >= 0.3 is 12.4 Å². The summed E-state index contributed by atoms with van der Waals surface area (Å²) in [6.45, 7) is 1.52. The van der Waals surface area contributed by atoms with Gasteiger partial charge in [0.25, 0.3) is 0 Å². The zero-order valence-electron chi connectivity index (χ0n) is 13.8. The van der Waals surface area contributed by atoms with Gasteiger partial charge in [-0.15, -0.1) is 10.2 Å². The van der Waals surface area contributed by atoms with Gasteiger partial charge in [0, 0.05) is 24.2 Å². The smallest absolute Gasteiger partial charge is 0.421 e. The predicted molar refractivity (Wildman–Crippen MR) is 80.4 cm³/mol. The Bertz CT molecular complexity index is 941. The van der Waals surface area contributed by atoms with Crippen molar-refractivity contribution < 1.29 is 30.8 Å². The zero-order valence-corrected chi connectivity index (χ0v) is 13.8. The number of alkyl halides is 6. The van der Waals surface area contributed by atoms with Crippen molar-refractivity contribution in [2.45, 2.75) is 32.2 Å². The third-order valence-corrected chi connectivity index (χ3v) is 3.71. The molecule has 5 nitrogen and oxygen atoms in total. The lowest BCUT2D eigenvalue weighted by Gasteiger charge is -2.06. The Kier molecular flexibility index (Phi) is 4.70. The number of hydrogen-bond acceptors (Lipinski definition) is 4. The van der Waals surface area contributed by atoms with Gasteiger partial charge in [-0.05, 0) is 31.2 Å². The fourth-order valence-corrected chi connectivity index (χ4v) is 2.38. The molecule has 27 heavy (non-hydrogen) atoms. The second-order valence-electron chi connectivity index (χ2n) is 5.72. The Morgan fingerprint density at radius 2 is 1.74 bits per heavy atom. The Morgan fingerprint density at radius 3 is 2.37 bits per heavy atom. The third kappa shape index (κ3) is 4.29. The van der Waals surface area contributed by atoms with Crippen molar-refractivity contribution in [1.82, 2.24) is 20.0 Å². The fraction of sp³-hybridized carbons (Fsp3) is 0.312. The molecule has 0 N–H and O–H groups in total. The highest BCUT2D eigenvalue weighted by atomic mass is 19.4. The maximum absolute atomic E-state index is 12.8. The molecule has 0 aliphatic carbocycles. The van der Waals surface area contributed by atoms with Gasteiger partial charge in [0.15, 0.2) is 5.69 Å². The Labute approximate surface area is 148 Å². The summed E-state index contributed by atoms with van der Waals surface area (Å²) < 4.78 is 82.7. The van der Waals surface area contributed by atoms with Gasteiger partial charge in [-0.3, -0.25) is 4.68 Å². The summed E-state index contributed by atoms with van der Waals surface area (Å²) in [6, 6.07) is 5.32. The lowest BCUT2D eigenvalue weighted by Crippen LogP contribution is -2.09. The average Bonchev–Trinajstić information content (AvgIpc) is 3.18. The Hall–Kier alpha value is -2.85. The molecule has 2 heterocycles. The number of nitrogens with zero attached hydrogens (tertiary/aromatic N) is 4. The van der Waals surface area contributed by atoms with Crippen LogP contribution >= 0.6 is 0 Å². The molecule has 144 valence electrons. The van der Waals surface area contributed by atoms with Crippen LogP contribution in [0.3, 0.4) is 0 Å². The summed E-state index contributed by atoms with van der Waals surface area (Å²) in [5.41, 5.74) is -1.46. The average molecular weight is 390 g/mol. The summed E-state index contributed by atoms with van der Waals surface area (Å²) in [5.74, 6) is -0.0323. The van der Waals surface area contributed by atoms with Crippen LogP contribution in [0.1, 0.15) is 22.8 Å². The fourth-order valence-electron chi connectivity index (χ4n) is 2.38. The Balaban J connectivity index is 1.73. The van der Waals surface area contributed by atoms with E-state index in [1.807, 2.05) is 0 Å². The molecule has 2 aromatic heterocycles. The van der Waals surface area contributed by atoms with Crippen molar-refractivity contribution in [3.05, 3.63) is 53.2 Å². The van der Waals surface area contributed by atoms with E-state index in [1.54, 1.807) is 0 Å². The summed E-state index contributed by atoms with van der Waals surface area (Å²) in [7, 11) is 0. The van der Waals surface area contributed by atoms with Gasteiger partial charge in [0.05, 0.1) is 5.56 Å². The van der Waals surface area contributed by atoms with Gasteiger partial charge in [-0.2, -0.15) is 31.4 Å². The van der Waals surface area contributed by atoms with Gasteiger partial charge in [-0.25, -0.2) is 0 Å². The first kappa shape index (κ1) is 18.9. The molecule has 0 radical (unpaired) electrons. The summed E-state index contributed by atoms with van der Waals surface area (Å²) in [5, 5.41) is 10.9. The number of halogens is 6. The summed E-state index contributed by atoms with van der Waals surface area (Å²) in [6.07, 6.45) is -8.98. The molecule has 0 aliphatic rings. The van der Waals surface area contributed by atoms with Crippen molar-refractivity contribution in [3.8, 4) is 11.5 Å². The van der Waals surface area contributed by atoms with Gasteiger partial charge in [0.2, 0.25) is 11.8 Å². The largest absolute Gasteiger partial charge is 0.435 e. The van der Waals surface area contributed by atoms with Crippen LogP contribution in [0.2, 0.25) is 0 Å². The van der Waals surface area contributed by atoms with Crippen LogP contribution in [0.5, 0.6) is 0 Å². The third-order valence-electron chi connectivity index (χ3n) is 3.71. The highest BCUT2D eigenvalue weighted by Crippen LogP contribution is 2.32. The summed E-state index contributed by atoms with van der Waals surface area (Å²) in [4.78, 5) is 0. The highest BCUT2D eigenvalue weighted by Gasteiger charge is 2.34. The molecule has 0 spiro atoms. The molecular formula is C16H12F6N4O. The Morgan fingerprint density at radius 1 is 1.00 bits per heavy atom. The predicted octanol–water partition coefficient (Wildman–Crippen LogP) is 4.52. The molecule has 0 fully saturated rings. The van der Waals surface area contributed by atoms with E-state index in [9.17, 15) is 26.3 Å². The van der Waals surface area contributed by atoms with Crippen LogP contribution < -0.4 is 0 Å². The van der Waals surface area contributed by atoms with Crippen molar-refractivity contribution >= 4 is 0 Å². The molecule has 0 saturated carbocycles. The molecule has 1 aromatic carbocycles. The minimum Gasteiger partial charge on any atom is -0.421 e. The van der Waals surface area contributed by atoms with E-state index >= 15 is 0 Å². The van der Waals surface area contributed by atoms with Crippen molar-refractivity contribution in [2.75, 3.05) is 0 Å². The lowest BCUT2D eigenvalue weighted by molar-refractivity contribution is -0.141. The molecule has 0 saturated heterocycles. The van der Waals surface area contributed by atoms with E-state index in [0.29, 0.717) is 5.69 Å². The molecule has 0 unspecified atom stereocenters. The van der Waals surface area contributed by atoms with E-state index in [-0.39, 0.29) is 30.3 Å². The van der Waals surface area contributed by atoms with E-state index in [1.165, 1.54) is 19.1 Å². The number of benzene rings is 1. The van der Waals surface area contributed by atoms with Gasteiger partial charge in [-0.1, -0.05) is 6.07 Å². The van der Waals surface area contributed by atoms with Crippen LogP contribution in [0.25, 0.3) is 11.5 Å². The highest BCUT2D eigenvalue weighted by molar-refractivity contribution is 5.54. The van der Waals surface area contributed by atoms with E-state index in [0.717, 1.165) is 22.9 Å². The number of aromatic nitrogens is 4. The van der Waals surface area contributed by atoms with Gasteiger partial charge < -0.3 is 4.42 Å². The van der Waals surface area contributed by atoms with E-state index < -0.39 is 23.6 Å². The lowest BCUT2D eigenvalue weighted by atomic mass is 10.1. The number of aryl methyl sites for hydroxylation is 3. The molecule has 0 aliphatic heterocycles. The van der Waals surface area contributed by atoms with Gasteiger partial charge in [0.1, 0.15) is 0 Å². The topological polar surface area (TPSA) is 56.7 Å². The molecule has 0 amide bonds.